The molecular weight excluding hydrogens is 306 g/mol. The lowest BCUT2D eigenvalue weighted by molar-refractivity contribution is -0.138. The van der Waals surface area contributed by atoms with Gasteiger partial charge in [0.1, 0.15) is 6.54 Å². The van der Waals surface area contributed by atoms with Crippen LogP contribution >= 0.6 is 0 Å². The maximum atomic E-state index is 12.4. The number of carbonyl (C=O) groups excluding carboxylic acids is 1. The number of fused-ring (bicyclic) bond motifs is 1. The fourth-order valence-corrected chi connectivity index (χ4v) is 2.18. The van der Waals surface area contributed by atoms with E-state index >= 15 is 0 Å². The third-order valence-electron chi connectivity index (χ3n) is 3.58. The maximum absolute atomic E-state index is 12.4. The number of carboxylic acid groups (broad SMARTS) is 1. The number of rotatable bonds is 5. The third-order valence-corrected chi connectivity index (χ3v) is 3.58. The Bertz CT molecular complexity index is 891. The summed E-state index contributed by atoms with van der Waals surface area (Å²) in [6.45, 7) is -0.458. The van der Waals surface area contributed by atoms with Gasteiger partial charge >= 0.3 is 11.7 Å². The highest BCUT2D eigenvalue weighted by Crippen LogP contribution is 2.03. The highest BCUT2D eigenvalue weighted by atomic mass is 16.4. The SMILES string of the molecule is CN(CCC(=O)O)C(=O)Cn1c(=O)c2c(ncn2C)n(C)c1=O. The average molecular weight is 323 g/mol. The van der Waals surface area contributed by atoms with Crippen LogP contribution in [0, 0.1) is 0 Å². The van der Waals surface area contributed by atoms with Crippen molar-refractivity contribution in [2.75, 3.05) is 13.6 Å². The van der Waals surface area contributed by atoms with E-state index in [1.54, 1.807) is 7.05 Å². The van der Waals surface area contributed by atoms with E-state index in [-0.39, 0.29) is 24.1 Å². The standard InChI is InChI=1S/C13H17N5O5/c1-15(5-4-9(20)21)8(19)6-18-12(22)10-11(14-7-16(10)2)17(3)13(18)23/h7H,4-6H2,1-3H3,(H,20,21). The molecule has 2 rings (SSSR count). The number of aromatic nitrogens is 4. The summed E-state index contributed by atoms with van der Waals surface area (Å²) < 4.78 is 3.50. The third kappa shape index (κ3) is 3.00. The highest BCUT2D eigenvalue weighted by Gasteiger charge is 2.18. The minimum atomic E-state index is -1.03. The van der Waals surface area contributed by atoms with Crippen LogP contribution in [0.25, 0.3) is 11.2 Å². The van der Waals surface area contributed by atoms with E-state index in [9.17, 15) is 19.2 Å². The Morgan fingerprint density at radius 3 is 2.57 bits per heavy atom. The van der Waals surface area contributed by atoms with Gasteiger partial charge in [-0.25, -0.2) is 14.3 Å². The summed E-state index contributed by atoms with van der Waals surface area (Å²) >= 11 is 0. The van der Waals surface area contributed by atoms with Crippen molar-refractivity contribution in [1.29, 1.82) is 0 Å². The van der Waals surface area contributed by atoms with Gasteiger partial charge in [-0.1, -0.05) is 0 Å². The Balaban J connectivity index is 2.39. The van der Waals surface area contributed by atoms with Crippen LogP contribution in [0.5, 0.6) is 0 Å². The van der Waals surface area contributed by atoms with Gasteiger partial charge in [0.2, 0.25) is 5.91 Å². The first-order chi connectivity index (χ1) is 10.7. The van der Waals surface area contributed by atoms with Crippen LogP contribution in [0.4, 0.5) is 0 Å². The Morgan fingerprint density at radius 1 is 1.30 bits per heavy atom. The lowest BCUT2D eigenvalue weighted by Gasteiger charge is -2.16. The Kier molecular flexibility index (Phi) is 4.34. The molecule has 0 atom stereocenters. The van der Waals surface area contributed by atoms with Crippen LogP contribution in [-0.2, 0) is 30.2 Å². The molecule has 0 fully saturated rings. The summed E-state index contributed by atoms with van der Waals surface area (Å²) in [5.41, 5.74) is -0.803. The van der Waals surface area contributed by atoms with E-state index in [2.05, 4.69) is 4.98 Å². The van der Waals surface area contributed by atoms with Gasteiger partial charge in [-0.15, -0.1) is 0 Å². The van der Waals surface area contributed by atoms with Gasteiger partial charge in [-0.05, 0) is 0 Å². The van der Waals surface area contributed by atoms with Crippen molar-refractivity contribution in [3.63, 3.8) is 0 Å². The predicted molar refractivity (Wildman–Crippen MR) is 80.1 cm³/mol. The average Bonchev–Trinajstić information content (AvgIpc) is 2.88. The van der Waals surface area contributed by atoms with Gasteiger partial charge in [0.15, 0.2) is 11.2 Å². The molecule has 0 radical (unpaired) electrons. The summed E-state index contributed by atoms with van der Waals surface area (Å²) in [5.74, 6) is -1.55. The van der Waals surface area contributed by atoms with Crippen molar-refractivity contribution in [1.82, 2.24) is 23.6 Å². The molecule has 23 heavy (non-hydrogen) atoms. The zero-order valence-electron chi connectivity index (χ0n) is 13.0. The van der Waals surface area contributed by atoms with Crippen LogP contribution in [0.15, 0.2) is 15.9 Å². The van der Waals surface area contributed by atoms with E-state index in [1.165, 1.54) is 34.5 Å². The van der Waals surface area contributed by atoms with Gasteiger partial charge in [-0.3, -0.25) is 19.0 Å². The molecular formula is C13H17N5O5. The van der Waals surface area contributed by atoms with Crippen LogP contribution in [0.2, 0.25) is 0 Å². The van der Waals surface area contributed by atoms with Crippen molar-refractivity contribution in [2.45, 2.75) is 13.0 Å². The molecule has 0 aliphatic carbocycles. The Morgan fingerprint density at radius 2 is 1.96 bits per heavy atom. The van der Waals surface area contributed by atoms with Crippen molar-refractivity contribution < 1.29 is 14.7 Å². The van der Waals surface area contributed by atoms with E-state index in [4.69, 9.17) is 5.11 Å². The smallest absolute Gasteiger partial charge is 0.332 e. The van der Waals surface area contributed by atoms with Crippen LogP contribution in [0.1, 0.15) is 6.42 Å². The van der Waals surface area contributed by atoms with E-state index in [0.29, 0.717) is 0 Å². The molecule has 10 heteroatoms. The second-order valence-corrected chi connectivity index (χ2v) is 5.22. The highest BCUT2D eigenvalue weighted by molar-refractivity contribution is 5.77. The van der Waals surface area contributed by atoms with E-state index in [1.807, 2.05) is 0 Å². The van der Waals surface area contributed by atoms with Crippen molar-refractivity contribution in [2.24, 2.45) is 14.1 Å². The van der Waals surface area contributed by atoms with Crippen molar-refractivity contribution in [3.05, 3.63) is 27.2 Å². The first-order valence-electron chi connectivity index (χ1n) is 6.80. The fourth-order valence-electron chi connectivity index (χ4n) is 2.18. The molecule has 10 nitrogen and oxygen atoms in total. The van der Waals surface area contributed by atoms with Gasteiger partial charge in [0.25, 0.3) is 5.56 Å². The number of amides is 1. The molecule has 2 heterocycles. The monoisotopic (exact) mass is 323 g/mol. The minimum absolute atomic E-state index is 0.00279. The lowest BCUT2D eigenvalue weighted by Crippen LogP contribution is -2.44. The Hall–Kier alpha value is -2.91. The number of carbonyl (C=O) groups is 2. The number of carboxylic acids is 1. The molecule has 1 N–H and O–H groups in total. The zero-order valence-corrected chi connectivity index (χ0v) is 13.0. The second kappa shape index (κ2) is 6.07. The van der Waals surface area contributed by atoms with Gasteiger partial charge in [0, 0.05) is 27.7 Å². The maximum Gasteiger partial charge on any atom is 0.332 e. The topological polar surface area (TPSA) is 119 Å². The molecule has 0 saturated carbocycles. The second-order valence-electron chi connectivity index (χ2n) is 5.22. The molecule has 0 aromatic carbocycles. The quantitative estimate of drug-likeness (QED) is 0.705. The molecule has 0 spiro atoms. The largest absolute Gasteiger partial charge is 0.481 e. The van der Waals surface area contributed by atoms with Crippen molar-refractivity contribution >= 4 is 23.0 Å². The molecule has 2 aromatic rings. The molecule has 2 aromatic heterocycles. The first kappa shape index (κ1) is 16.5. The van der Waals surface area contributed by atoms with Crippen LogP contribution in [0.3, 0.4) is 0 Å². The number of aryl methyl sites for hydroxylation is 2. The number of aliphatic carboxylic acids is 1. The fraction of sp³-hybridized carbons (Fsp3) is 0.462. The van der Waals surface area contributed by atoms with Gasteiger partial charge in [0.05, 0.1) is 12.7 Å². The van der Waals surface area contributed by atoms with Gasteiger partial charge < -0.3 is 14.6 Å². The molecule has 0 unspecified atom stereocenters. The molecule has 0 aliphatic rings. The summed E-state index contributed by atoms with van der Waals surface area (Å²) in [4.78, 5) is 52.5. The molecule has 0 saturated heterocycles. The van der Waals surface area contributed by atoms with Crippen LogP contribution in [-0.4, -0.2) is 54.2 Å². The molecule has 1 amide bonds. The Labute approximate surface area is 130 Å². The number of hydrogen-bond acceptors (Lipinski definition) is 5. The molecule has 124 valence electrons. The number of nitrogens with zero attached hydrogens (tertiary/aromatic N) is 5. The summed E-state index contributed by atoms with van der Waals surface area (Å²) in [6.07, 6.45) is 1.20. The number of hydrogen-bond donors (Lipinski definition) is 1. The van der Waals surface area contributed by atoms with Crippen molar-refractivity contribution in [3.8, 4) is 0 Å². The minimum Gasteiger partial charge on any atom is -0.481 e. The normalized spacial score (nSPS) is 10.9. The summed E-state index contributed by atoms with van der Waals surface area (Å²) in [7, 11) is 4.50. The molecule has 0 aliphatic heterocycles. The van der Waals surface area contributed by atoms with E-state index in [0.717, 1.165) is 4.57 Å². The molecule has 0 bridgehead atoms. The first-order valence-corrected chi connectivity index (χ1v) is 6.80. The number of likely N-dealkylation sites (N-methyl/N-ethyl adjacent to an activating group) is 1. The zero-order chi connectivity index (χ0) is 17.3. The van der Waals surface area contributed by atoms with Crippen LogP contribution < -0.4 is 11.2 Å². The summed E-state index contributed by atoms with van der Waals surface area (Å²) in [6, 6.07) is 0. The predicted octanol–water partition coefficient (Wildman–Crippen LogP) is -1.63. The summed E-state index contributed by atoms with van der Waals surface area (Å²) in [5, 5.41) is 8.63. The van der Waals surface area contributed by atoms with Gasteiger partial charge in [-0.2, -0.15) is 0 Å². The van der Waals surface area contributed by atoms with E-state index < -0.39 is 29.7 Å². The lowest BCUT2D eigenvalue weighted by atomic mass is 10.4. The number of imidazole rings is 1.